The number of rotatable bonds is 3. The van der Waals surface area contributed by atoms with Gasteiger partial charge in [-0.05, 0) is 105 Å². The van der Waals surface area contributed by atoms with Gasteiger partial charge in [-0.15, -0.1) is 0 Å². The maximum absolute atomic E-state index is 10.7. The van der Waals surface area contributed by atoms with Gasteiger partial charge in [0.05, 0.1) is 18.3 Å². The predicted octanol–water partition coefficient (Wildman–Crippen LogP) is 6.37. The van der Waals surface area contributed by atoms with Crippen LogP contribution in [0.5, 0.6) is 0 Å². The van der Waals surface area contributed by atoms with E-state index in [-0.39, 0.29) is 0 Å². The standard InChI is InChI=1S/C27H40O2/c1-25(28)15-16-26(2)20(17-25)9-10-21-22-11-12-24(27(22,3)14-13-23(21)26)29-18-19-7-5-4-6-8-19/h4-8,20-24,28H,9-18H2,1-3H3/t20-,21-,22-,23-,24-,25+,26-,27-/m0/s1. The molecule has 1 N–H and O–H groups in total. The third-order valence-electron chi connectivity index (χ3n) is 10.2. The van der Waals surface area contributed by atoms with Crippen molar-refractivity contribution in [1.82, 2.24) is 0 Å². The monoisotopic (exact) mass is 396 g/mol. The molecule has 0 bridgehead atoms. The van der Waals surface area contributed by atoms with Crippen LogP contribution in [0.3, 0.4) is 0 Å². The molecule has 160 valence electrons. The maximum atomic E-state index is 10.7. The summed E-state index contributed by atoms with van der Waals surface area (Å²) in [6.45, 7) is 7.97. The highest BCUT2D eigenvalue weighted by atomic mass is 16.5. The average Bonchev–Trinajstić information content (AvgIpc) is 3.04. The molecule has 0 aromatic heterocycles. The van der Waals surface area contributed by atoms with Gasteiger partial charge in [-0.2, -0.15) is 0 Å². The zero-order valence-electron chi connectivity index (χ0n) is 18.7. The number of aliphatic hydroxyl groups is 1. The van der Waals surface area contributed by atoms with E-state index in [2.05, 4.69) is 51.1 Å². The Morgan fingerprint density at radius 3 is 2.41 bits per heavy atom. The van der Waals surface area contributed by atoms with Gasteiger partial charge in [0.25, 0.3) is 0 Å². The third kappa shape index (κ3) is 3.30. The fourth-order valence-electron chi connectivity index (χ4n) is 8.43. The van der Waals surface area contributed by atoms with Crippen molar-refractivity contribution in [1.29, 1.82) is 0 Å². The third-order valence-corrected chi connectivity index (χ3v) is 10.2. The molecule has 4 saturated carbocycles. The van der Waals surface area contributed by atoms with Crippen molar-refractivity contribution in [2.24, 2.45) is 34.5 Å². The topological polar surface area (TPSA) is 29.5 Å². The lowest BCUT2D eigenvalue weighted by atomic mass is 9.44. The summed E-state index contributed by atoms with van der Waals surface area (Å²) >= 11 is 0. The Hall–Kier alpha value is -0.860. The Kier molecular flexibility index (Phi) is 4.91. The van der Waals surface area contributed by atoms with Crippen molar-refractivity contribution in [3.8, 4) is 0 Å². The molecule has 4 fully saturated rings. The van der Waals surface area contributed by atoms with Crippen LogP contribution in [-0.2, 0) is 11.3 Å². The van der Waals surface area contributed by atoms with Gasteiger partial charge in [0.15, 0.2) is 0 Å². The molecule has 0 saturated heterocycles. The molecular formula is C27H40O2. The first-order valence-electron chi connectivity index (χ1n) is 12.2. The first-order valence-corrected chi connectivity index (χ1v) is 12.2. The molecule has 0 radical (unpaired) electrons. The van der Waals surface area contributed by atoms with Crippen LogP contribution < -0.4 is 0 Å². The van der Waals surface area contributed by atoms with Gasteiger partial charge in [-0.3, -0.25) is 0 Å². The van der Waals surface area contributed by atoms with Crippen LogP contribution in [0.4, 0.5) is 0 Å². The van der Waals surface area contributed by atoms with Gasteiger partial charge in [-0.25, -0.2) is 0 Å². The van der Waals surface area contributed by atoms with Crippen LogP contribution >= 0.6 is 0 Å². The lowest BCUT2D eigenvalue weighted by Gasteiger charge is -2.61. The van der Waals surface area contributed by atoms with Crippen molar-refractivity contribution >= 4 is 0 Å². The van der Waals surface area contributed by atoms with Crippen molar-refractivity contribution in [2.75, 3.05) is 0 Å². The first kappa shape index (κ1) is 20.1. The number of hydrogen-bond acceptors (Lipinski definition) is 2. The number of benzene rings is 1. The van der Waals surface area contributed by atoms with Gasteiger partial charge in [0.1, 0.15) is 0 Å². The summed E-state index contributed by atoms with van der Waals surface area (Å²) in [5.41, 5.74) is 1.69. The molecular weight excluding hydrogens is 356 g/mol. The molecule has 0 unspecified atom stereocenters. The molecule has 4 aliphatic rings. The Morgan fingerprint density at radius 1 is 0.862 bits per heavy atom. The van der Waals surface area contributed by atoms with E-state index in [4.69, 9.17) is 4.74 Å². The highest BCUT2D eigenvalue weighted by Crippen LogP contribution is 2.67. The molecule has 0 aliphatic heterocycles. The predicted molar refractivity (Wildman–Crippen MR) is 117 cm³/mol. The summed E-state index contributed by atoms with van der Waals surface area (Å²) in [6, 6.07) is 10.7. The van der Waals surface area contributed by atoms with E-state index in [1.54, 1.807) is 0 Å². The second-order valence-corrected chi connectivity index (χ2v) is 11.8. The van der Waals surface area contributed by atoms with Crippen LogP contribution in [0.2, 0.25) is 0 Å². The normalized spacial score (nSPS) is 49.2. The number of hydrogen-bond donors (Lipinski definition) is 1. The Morgan fingerprint density at radius 2 is 1.62 bits per heavy atom. The lowest BCUT2D eigenvalue weighted by Crippen LogP contribution is -2.56. The first-order chi connectivity index (χ1) is 13.8. The van der Waals surface area contributed by atoms with E-state index in [1.165, 1.54) is 50.5 Å². The van der Waals surface area contributed by atoms with E-state index in [1.807, 2.05) is 0 Å². The van der Waals surface area contributed by atoms with E-state index in [0.29, 0.717) is 16.9 Å². The molecule has 29 heavy (non-hydrogen) atoms. The van der Waals surface area contributed by atoms with Gasteiger partial charge >= 0.3 is 0 Å². The van der Waals surface area contributed by atoms with Gasteiger partial charge in [0, 0.05) is 0 Å². The Balaban J connectivity index is 1.31. The smallest absolute Gasteiger partial charge is 0.0720 e. The molecule has 2 heteroatoms. The fraction of sp³-hybridized carbons (Fsp3) is 0.778. The van der Waals surface area contributed by atoms with Crippen LogP contribution in [0.25, 0.3) is 0 Å². The average molecular weight is 397 g/mol. The van der Waals surface area contributed by atoms with Crippen LogP contribution in [0.15, 0.2) is 30.3 Å². The summed E-state index contributed by atoms with van der Waals surface area (Å²) in [6.07, 6.45) is 11.7. The molecule has 5 rings (SSSR count). The summed E-state index contributed by atoms with van der Waals surface area (Å²) in [5.74, 6) is 3.30. The van der Waals surface area contributed by atoms with Crippen LogP contribution in [0, 0.1) is 34.5 Å². The van der Waals surface area contributed by atoms with Gasteiger partial charge in [-0.1, -0.05) is 44.2 Å². The molecule has 1 aromatic carbocycles. The zero-order chi connectivity index (χ0) is 20.3. The minimum Gasteiger partial charge on any atom is -0.390 e. The Labute approximate surface area is 177 Å². The minimum absolute atomic E-state index is 0.360. The van der Waals surface area contributed by atoms with Crippen molar-refractivity contribution < 1.29 is 9.84 Å². The van der Waals surface area contributed by atoms with E-state index >= 15 is 0 Å². The minimum atomic E-state index is -0.427. The largest absolute Gasteiger partial charge is 0.390 e. The second kappa shape index (κ2) is 7.09. The maximum Gasteiger partial charge on any atom is 0.0720 e. The van der Waals surface area contributed by atoms with Crippen LogP contribution in [0.1, 0.15) is 84.1 Å². The fourth-order valence-corrected chi connectivity index (χ4v) is 8.43. The van der Waals surface area contributed by atoms with Gasteiger partial charge < -0.3 is 9.84 Å². The van der Waals surface area contributed by atoms with Crippen molar-refractivity contribution in [3.05, 3.63) is 35.9 Å². The summed E-state index contributed by atoms with van der Waals surface area (Å²) in [5, 5.41) is 10.7. The molecule has 0 amide bonds. The van der Waals surface area contributed by atoms with Crippen molar-refractivity contribution in [2.45, 2.75) is 96.9 Å². The summed E-state index contributed by atoms with van der Waals surface area (Å²) in [4.78, 5) is 0. The SMILES string of the molecule is C[C@@]1(O)CC[C@@]2(C)[C@@H](CC[C@@H]3[C@@H]2CC[C@]2(C)[C@@H](OCc4ccccc4)CC[C@@H]32)C1. The zero-order valence-corrected chi connectivity index (χ0v) is 18.7. The van der Waals surface area contributed by atoms with E-state index in [9.17, 15) is 5.11 Å². The van der Waals surface area contributed by atoms with Crippen molar-refractivity contribution in [3.63, 3.8) is 0 Å². The molecule has 1 aromatic rings. The number of ether oxygens (including phenoxy) is 1. The molecule has 0 heterocycles. The summed E-state index contributed by atoms with van der Waals surface area (Å²) < 4.78 is 6.57. The number of fused-ring (bicyclic) bond motifs is 5. The highest BCUT2D eigenvalue weighted by molar-refractivity contribution is 5.14. The lowest BCUT2D eigenvalue weighted by molar-refractivity contribution is -0.156. The Bertz CT molecular complexity index is 727. The molecule has 0 spiro atoms. The van der Waals surface area contributed by atoms with Crippen LogP contribution in [-0.4, -0.2) is 16.8 Å². The second-order valence-electron chi connectivity index (χ2n) is 11.8. The van der Waals surface area contributed by atoms with Gasteiger partial charge in [0.2, 0.25) is 0 Å². The van der Waals surface area contributed by atoms with E-state index < -0.39 is 5.60 Å². The molecule has 8 atom stereocenters. The molecule has 4 aliphatic carbocycles. The highest BCUT2D eigenvalue weighted by Gasteiger charge is 2.61. The quantitative estimate of drug-likeness (QED) is 0.643. The summed E-state index contributed by atoms with van der Waals surface area (Å²) in [7, 11) is 0. The molecule has 2 nitrogen and oxygen atoms in total. The van der Waals surface area contributed by atoms with E-state index in [0.717, 1.165) is 43.1 Å².